The molecule has 9 nitrogen and oxygen atoms in total. The van der Waals surface area contributed by atoms with Crippen molar-refractivity contribution >= 4 is 24.2 Å². The second-order valence-corrected chi connectivity index (χ2v) is 5.85. The van der Waals surface area contributed by atoms with Crippen molar-refractivity contribution in [2.24, 2.45) is 0 Å². The summed E-state index contributed by atoms with van der Waals surface area (Å²) in [7, 11) is 1.55. The van der Waals surface area contributed by atoms with E-state index in [1.165, 1.54) is 0 Å². The van der Waals surface area contributed by atoms with Crippen LogP contribution in [0.25, 0.3) is 5.32 Å². The second-order valence-electron chi connectivity index (χ2n) is 5.85. The zero-order valence-electron chi connectivity index (χ0n) is 16.9. The first-order chi connectivity index (χ1) is 13.5. The first-order valence-corrected chi connectivity index (χ1v) is 8.93. The summed E-state index contributed by atoms with van der Waals surface area (Å²) in [6.07, 6.45) is 0.978. The Morgan fingerprint density at radius 3 is 2.41 bits per heavy atom. The number of amides is 3. The Hall–Kier alpha value is -1.13. The molecule has 0 saturated carbocycles. The van der Waals surface area contributed by atoms with Crippen molar-refractivity contribution in [1.29, 1.82) is 0 Å². The van der Waals surface area contributed by atoms with Crippen LogP contribution in [0.1, 0.15) is 24.0 Å². The van der Waals surface area contributed by atoms with Gasteiger partial charge in [-0.1, -0.05) is 29.8 Å². The molecular weight excluding hydrogens is 452 g/mol. The molecule has 0 aromatic heterocycles. The fourth-order valence-corrected chi connectivity index (χ4v) is 2.13. The third kappa shape index (κ3) is 14.5. The van der Waals surface area contributed by atoms with E-state index >= 15 is 0 Å². The summed E-state index contributed by atoms with van der Waals surface area (Å²) in [4.78, 5) is 44.5. The summed E-state index contributed by atoms with van der Waals surface area (Å²) in [5.74, 6) is -0.650. The van der Waals surface area contributed by atoms with Crippen LogP contribution in [0.15, 0.2) is 24.3 Å². The normalized spacial score (nSPS) is 9.69. The van der Waals surface area contributed by atoms with Gasteiger partial charge < -0.3 is 30.2 Å². The maximum absolute atomic E-state index is 11.8. The van der Waals surface area contributed by atoms with E-state index in [1.54, 1.807) is 19.2 Å². The van der Waals surface area contributed by atoms with Crippen LogP contribution in [0.4, 0.5) is 0 Å². The van der Waals surface area contributed by atoms with Crippen LogP contribution >= 0.6 is 0 Å². The molecule has 0 fully saturated rings. The summed E-state index contributed by atoms with van der Waals surface area (Å²) in [5, 5.41) is 9.09. The van der Waals surface area contributed by atoms with Gasteiger partial charge in [-0.2, -0.15) is 0 Å². The molecule has 0 aliphatic carbocycles. The number of carbonyl (C=O) groups is 4. The molecule has 2 N–H and O–H groups in total. The Morgan fingerprint density at radius 1 is 1.07 bits per heavy atom. The minimum atomic E-state index is -0.365. The van der Waals surface area contributed by atoms with Gasteiger partial charge in [-0.25, -0.2) is 0 Å². The predicted molar refractivity (Wildman–Crippen MR) is 101 cm³/mol. The molecule has 3 amide bonds. The van der Waals surface area contributed by atoms with E-state index in [0.717, 1.165) is 11.1 Å². The Bertz CT molecular complexity index is 639. The maximum Gasteiger partial charge on any atom is 1.00 e. The maximum atomic E-state index is 11.8. The van der Waals surface area contributed by atoms with E-state index in [2.05, 4.69) is 20.7 Å². The zero-order chi connectivity index (χ0) is 20.6. The molecule has 1 aromatic carbocycles. The van der Waals surface area contributed by atoms with Gasteiger partial charge in [0.1, 0.15) is 0 Å². The van der Waals surface area contributed by atoms with E-state index in [4.69, 9.17) is 4.74 Å². The Kier molecular flexibility index (Phi) is 17.0. The van der Waals surface area contributed by atoms with Crippen molar-refractivity contribution in [1.82, 2.24) is 10.6 Å². The summed E-state index contributed by atoms with van der Waals surface area (Å²) in [5.41, 5.74) is 1.67. The second kappa shape index (κ2) is 17.7. The van der Waals surface area contributed by atoms with Crippen molar-refractivity contribution < 1.29 is 86.8 Å². The molecule has 1 rings (SSSR count). The summed E-state index contributed by atoms with van der Waals surface area (Å²) in [6, 6.07) is 7.22. The van der Waals surface area contributed by atoms with Crippen molar-refractivity contribution in [2.45, 2.75) is 25.8 Å². The summed E-state index contributed by atoms with van der Waals surface area (Å²) < 4.78 is 9.64. The van der Waals surface area contributed by atoms with Gasteiger partial charge >= 0.3 is 58.2 Å². The fraction of sp³-hybridized carbons (Fsp3) is 0.474. The predicted octanol–water partition coefficient (Wildman–Crippen LogP) is -2.53. The van der Waals surface area contributed by atoms with Gasteiger partial charge in [0.25, 0.3) is 6.47 Å². The van der Waals surface area contributed by atoms with Gasteiger partial charge in [0.15, 0.2) is 0 Å². The van der Waals surface area contributed by atoms with Crippen molar-refractivity contribution in [3.63, 3.8) is 0 Å². The topological polar surface area (TPSA) is 125 Å². The third-order valence-corrected chi connectivity index (χ3v) is 3.62. The molecule has 29 heavy (non-hydrogen) atoms. The first-order valence-electron chi connectivity index (χ1n) is 8.93. The quantitative estimate of drug-likeness (QED) is 0.225. The fourth-order valence-electron chi connectivity index (χ4n) is 2.13. The minimum absolute atomic E-state index is 0. The molecule has 0 spiro atoms. The average Bonchev–Trinajstić information content (AvgIpc) is 2.70. The largest absolute Gasteiger partial charge is 1.00 e. The molecule has 154 valence electrons. The average molecular weight is 478 g/mol. The van der Waals surface area contributed by atoms with Crippen LogP contribution < -0.4 is 68.8 Å². The van der Waals surface area contributed by atoms with Crippen LogP contribution in [0.3, 0.4) is 0 Å². The van der Waals surface area contributed by atoms with Crippen LogP contribution in [0.5, 0.6) is 0 Å². The number of nitrogens with zero attached hydrogens (tertiary/aromatic N) is 1. The number of ether oxygens (including phenoxy) is 2. The molecule has 1 aromatic rings. The first kappa shape index (κ1) is 27.9. The van der Waals surface area contributed by atoms with Crippen molar-refractivity contribution in [3.05, 3.63) is 40.7 Å². The van der Waals surface area contributed by atoms with Gasteiger partial charge in [0.05, 0.1) is 32.1 Å². The third-order valence-electron chi connectivity index (χ3n) is 3.62. The molecule has 0 heterocycles. The van der Waals surface area contributed by atoms with Gasteiger partial charge in [-0.15, -0.1) is 6.54 Å². The Balaban J connectivity index is 0.00000784. The molecule has 0 atom stereocenters. The van der Waals surface area contributed by atoms with E-state index in [-0.39, 0.29) is 109 Å². The van der Waals surface area contributed by atoms with E-state index in [9.17, 15) is 19.2 Å². The minimum Gasteiger partial charge on any atom is -0.648 e. The molecule has 0 radical (unpaired) electrons. The molecule has 0 aliphatic heterocycles. The molecular formula is C19H26N3O6Rb. The smallest absolute Gasteiger partial charge is 0.648 e. The summed E-state index contributed by atoms with van der Waals surface area (Å²) >= 11 is 0. The number of nitrogens with one attached hydrogen (secondary N) is 2. The summed E-state index contributed by atoms with van der Waals surface area (Å²) in [6.45, 7) is 1.35. The van der Waals surface area contributed by atoms with Crippen LogP contribution in [0, 0.1) is 0 Å². The van der Waals surface area contributed by atoms with E-state index in [0.29, 0.717) is 26.0 Å². The Morgan fingerprint density at radius 2 is 1.76 bits per heavy atom. The van der Waals surface area contributed by atoms with Crippen LogP contribution in [0.2, 0.25) is 0 Å². The van der Waals surface area contributed by atoms with Crippen LogP contribution in [-0.4, -0.2) is 57.6 Å². The molecule has 10 heteroatoms. The molecule has 0 saturated heterocycles. The van der Waals surface area contributed by atoms with Gasteiger partial charge in [-0.3, -0.25) is 14.4 Å². The standard InChI is InChI=1S/C19H27N3O6.Rb/c1-20-17(24)7-8-21-18(25)11-15-3-5-16(6-4-15)12-22-19(26)13-27-9-2-10-28-14-23;/h3-6,14H,2,7-13H2,1H3,(H3,20,21,22,24,25,26);/q;+1/p-1. The van der Waals surface area contributed by atoms with Gasteiger partial charge in [0, 0.05) is 26.4 Å². The van der Waals surface area contributed by atoms with Crippen LogP contribution in [-0.2, 0) is 41.6 Å². The van der Waals surface area contributed by atoms with Crippen molar-refractivity contribution in [2.75, 3.05) is 33.4 Å². The number of benzene rings is 1. The molecule has 0 aliphatic rings. The number of hydrogen-bond donors (Lipinski definition) is 2. The zero-order valence-corrected chi connectivity index (χ0v) is 21.9. The van der Waals surface area contributed by atoms with Crippen molar-refractivity contribution in [3.8, 4) is 0 Å². The molecule has 0 unspecified atom stereocenters. The van der Waals surface area contributed by atoms with E-state index < -0.39 is 0 Å². The monoisotopic (exact) mass is 477 g/mol. The molecule has 0 bridgehead atoms. The number of carbonyl (C=O) groups excluding carboxylic acids is 4. The van der Waals surface area contributed by atoms with E-state index in [1.807, 2.05) is 12.1 Å². The van der Waals surface area contributed by atoms with Gasteiger partial charge in [0.2, 0.25) is 11.8 Å². The number of rotatable bonds is 14. The SMILES string of the molecule is CNC(=O)CCNC(=O)Cc1ccc(C[N-]C(=O)COCCCOC=O)cc1.[Rb+]. The van der Waals surface area contributed by atoms with Gasteiger partial charge in [-0.05, 0) is 5.56 Å². The number of hydrogen-bond acceptors (Lipinski definition) is 6. The Labute approximate surface area is 219 Å².